The van der Waals surface area contributed by atoms with Gasteiger partial charge in [0.2, 0.25) is 5.91 Å². The zero-order chi connectivity index (χ0) is 45.8. The molecule has 0 unspecified atom stereocenters. The summed E-state index contributed by atoms with van der Waals surface area (Å²) in [4.78, 5) is 66.3. The highest BCUT2D eigenvalue weighted by Gasteiger charge is 2.45. The molecule has 0 aliphatic carbocycles. The van der Waals surface area contributed by atoms with E-state index in [1.54, 1.807) is 25.4 Å². The van der Waals surface area contributed by atoms with E-state index in [2.05, 4.69) is 64.5 Å². The van der Waals surface area contributed by atoms with Gasteiger partial charge >= 0.3 is 6.03 Å². The van der Waals surface area contributed by atoms with E-state index in [0.29, 0.717) is 31.1 Å². The lowest BCUT2D eigenvalue weighted by Gasteiger charge is -2.45. The average molecular weight is 896 g/mol. The molecule has 0 bridgehead atoms. The van der Waals surface area contributed by atoms with Crippen LogP contribution >= 0.6 is 11.3 Å². The second kappa shape index (κ2) is 19.7. The standard InChI is InChI=1S/C45H59N10O6SSi/c1-9-54-35-15-14-29(19-31(35)32(21-44(5,6)26-61-43(59)63)39(54)30-13-12-16-48-37(30)28(4)60-8)34-22-62-36(50-34)20-33(41(57)55-18-11-10-17-49-55)51-40(56)38(27(2)3)52(7)42(58)53-24-45(47,23-46)25-53/h12-16,19,22,27-28,33,38,49H,9-11,17-18,20-21,24-26,47H2,1-8H3,(H,51,56)/t28-,33-,38-/m0/s1. The van der Waals surface area contributed by atoms with Gasteiger partial charge in [-0.2, -0.15) is 5.26 Å². The van der Waals surface area contributed by atoms with E-state index in [9.17, 15) is 24.4 Å². The van der Waals surface area contributed by atoms with Gasteiger partial charge in [-0.15, -0.1) is 11.3 Å². The molecule has 1 aromatic carbocycles. The van der Waals surface area contributed by atoms with E-state index in [4.69, 9.17) is 25.2 Å². The first-order valence-corrected chi connectivity index (χ1v) is 22.8. The van der Waals surface area contributed by atoms with Gasteiger partial charge in [0.15, 0.2) is 10.2 Å². The Morgan fingerprint density at radius 2 is 1.92 bits per heavy atom. The molecule has 0 spiro atoms. The number of nitrogens with one attached hydrogen (secondary N) is 2. The van der Waals surface area contributed by atoms with Crippen LogP contribution < -0.4 is 16.5 Å². The van der Waals surface area contributed by atoms with Gasteiger partial charge in [0.1, 0.15) is 17.6 Å². The normalized spacial score (nSPS) is 16.5. The zero-order valence-electron chi connectivity index (χ0n) is 37.5. The fourth-order valence-electron chi connectivity index (χ4n) is 8.58. The Bertz CT molecular complexity index is 2360. The molecule has 2 fully saturated rings. The number of hydrogen-bond donors (Lipinski definition) is 3. The molecule has 6 rings (SSSR count). The van der Waals surface area contributed by atoms with Crippen molar-refractivity contribution in [2.45, 2.75) is 97.5 Å². The molecule has 2 saturated heterocycles. The van der Waals surface area contributed by atoms with Crippen molar-refractivity contribution in [3.63, 3.8) is 0 Å². The SMILES string of the molecule is CCn1c(-c2cccnc2[C@H](C)OC)c(CC(C)(C)COC(=O)[Si])c2cc(-c3csc(C[C@H](NC(=O)[C@H](C(C)C)N(C)C(=O)N4CC(N)(C#N)C4)C(=O)N4CCCCN4)n3)ccc21. The maximum absolute atomic E-state index is 14.2. The molecule has 0 saturated carbocycles. The number of hydrazine groups is 1. The van der Waals surface area contributed by atoms with Crippen LogP contribution in [0.3, 0.4) is 0 Å². The molecule has 5 heterocycles. The van der Waals surface area contributed by atoms with Crippen LogP contribution in [-0.4, -0.2) is 128 Å². The lowest BCUT2D eigenvalue weighted by Crippen LogP contribution is -2.70. The van der Waals surface area contributed by atoms with Crippen LogP contribution in [0, 0.1) is 22.7 Å². The van der Waals surface area contributed by atoms with Crippen molar-refractivity contribution in [1.29, 1.82) is 5.26 Å². The van der Waals surface area contributed by atoms with Gasteiger partial charge in [0, 0.05) is 79.2 Å². The van der Waals surface area contributed by atoms with Crippen LogP contribution in [0.15, 0.2) is 41.9 Å². The summed E-state index contributed by atoms with van der Waals surface area (Å²) in [5, 5.41) is 17.6. The number of fused-ring (bicyclic) bond motifs is 1. The molecule has 3 aromatic heterocycles. The summed E-state index contributed by atoms with van der Waals surface area (Å²) in [5.41, 5.74) is 13.6. The maximum Gasteiger partial charge on any atom is 0.320 e. The number of nitriles is 1. The number of rotatable bonds is 16. The largest absolute Gasteiger partial charge is 0.470 e. The molecule has 4 N–H and O–H groups in total. The number of nitrogens with two attached hydrogens (primary N) is 1. The van der Waals surface area contributed by atoms with Gasteiger partial charge in [-0.1, -0.05) is 33.8 Å². The molecule has 18 heteroatoms. The summed E-state index contributed by atoms with van der Waals surface area (Å²) in [6, 6.07) is 10.1. The van der Waals surface area contributed by atoms with Gasteiger partial charge in [-0.25, -0.2) is 15.2 Å². The number of ether oxygens (including phenoxy) is 2. The summed E-state index contributed by atoms with van der Waals surface area (Å²) in [6.07, 6.45) is 3.97. The number of carbonyl (C=O) groups excluding carboxylic acids is 4. The lowest BCUT2D eigenvalue weighted by molar-refractivity contribution is -0.141. The molecule has 2 aliphatic rings. The summed E-state index contributed by atoms with van der Waals surface area (Å²) in [5.74, 6) is -1.05. The Hall–Kier alpha value is -5.19. The van der Waals surface area contributed by atoms with Gasteiger partial charge in [0.25, 0.3) is 11.5 Å². The number of likely N-dealkylation sites (N-methyl/N-ethyl adjacent to an activating group) is 1. The summed E-state index contributed by atoms with van der Waals surface area (Å²) < 4.78 is 13.5. The van der Waals surface area contributed by atoms with Gasteiger partial charge in [0.05, 0.1) is 54.0 Å². The monoisotopic (exact) mass is 895 g/mol. The van der Waals surface area contributed by atoms with E-state index in [0.717, 1.165) is 57.5 Å². The highest BCUT2D eigenvalue weighted by atomic mass is 32.1. The van der Waals surface area contributed by atoms with E-state index < -0.39 is 40.6 Å². The fraction of sp³-hybridized carbons (Fsp3) is 0.533. The lowest BCUT2D eigenvalue weighted by atomic mass is 9.84. The van der Waals surface area contributed by atoms with E-state index in [1.807, 2.05) is 44.4 Å². The zero-order valence-corrected chi connectivity index (χ0v) is 39.3. The molecule has 335 valence electrons. The average Bonchev–Trinajstić information content (AvgIpc) is 3.85. The second-order valence-electron chi connectivity index (χ2n) is 17.7. The van der Waals surface area contributed by atoms with Crippen molar-refractivity contribution < 1.29 is 28.7 Å². The number of carbonyl (C=O) groups is 4. The summed E-state index contributed by atoms with van der Waals surface area (Å²) in [6.45, 7) is 14.1. The molecule has 4 aromatic rings. The number of urea groups is 1. The minimum Gasteiger partial charge on any atom is -0.470 e. The number of likely N-dealkylation sites (tertiary alicyclic amines) is 1. The minimum atomic E-state index is -1.11. The molecular weight excluding hydrogens is 837 g/mol. The van der Waals surface area contributed by atoms with Crippen molar-refractivity contribution in [3.8, 4) is 28.6 Å². The van der Waals surface area contributed by atoms with Crippen molar-refractivity contribution in [3.05, 3.63) is 58.2 Å². The number of benzene rings is 1. The van der Waals surface area contributed by atoms with Crippen molar-refractivity contribution in [2.75, 3.05) is 46.9 Å². The smallest absolute Gasteiger partial charge is 0.320 e. The Balaban J connectivity index is 1.34. The first-order chi connectivity index (χ1) is 29.9. The number of nitrogens with zero attached hydrogens (tertiary/aromatic N) is 7. The summed E-state index contributed by atoms with van der Waals surface area (Å²) >= 11 is 1.41. The van der Waals surface area contributed by atoms with Crippen LogP contribution in [0.4, 0.5) is 9.59 Å². The number of hydrogen-bond acceptors (Lipinski definition) is 12. The predicted molar refractivity (Wildman–Crippen MR) is 242 cm³/mol. The third-order valence-corrected chi connectivity index (χ3v) is 12.9. The third-order valence-electron chi connectivity index (χ3n) is 11.8. The quantitative estimate of drug-likeness (QED) is 0.125. The van der Waals surface area contributed by atoms with Crippen molar-refractivity contribution in [1.82, 2.24) is 40.1 Å². The predicted octanol–water partition coefficient (Wildman–Crippen LogP) is 5.20. The molecule has 16 nitrogen and oxygen atoms in total. The third kappa shape index (κ3) is 10.4. The molecule has 63 heavy (non-hydrogen) atoms. The number of aryl methyl sites for hydroxylation is 1. The van der Waals surface area contributed by atoms with Crippen molar-refractivity contribution in [2.24, 2.45) is 17.1 Å². The van der Waals surface area contributed by atoms with Crippen LogP contribution in [0.25, 0.3) is 33.4 Å². The Morgan fingerprint density at radius 3 is 2.56 bits per heavy atom. The van der Waals surface area contributed by atoms with Crippen LogP contribution in [0.1, 0.15) is 76.8 Å². The van der Waals surface area contributed by atoms with E-state index >= 15 is 0 Å². The van der Waals surface area contributed by atoms with E-state index in [1.165, 1.54) is 21.1 Å². The highest BCUT2D eigenvalue weighted by molar-refractivity contribution is 7.10. The van der Waals surface area contributed by atoms with Gasteiger partial charge < -0.3 is 34.9 Å². The molecule has 3 radical (unpaired) electrons. The van der Waals surface area contributed by atoms with Gasteiger partial charge in [-0.05, 0) is 68.9 Å². The minimum absolute atomic E-state index is 0.0681. The topological polar surface area (TPSA) is 201 Å². The molecular formula is C45H59N10O6SSi. The molecule has 2 aliphatic heterocycles. The Kier molecular flexibility index (Phi) is 14.8. The Morgan fingerprint density at radius 1 is 1.17 bits per heavy atom. The number of amides is 4. The van der Waals surface area contributed by atoms with Crippen LogP contribution in [-0.2, 0) is 38.4 Å². The maximum atomic E-state index is 14.2. The van der Waals surface area contributed by atoms with E-state index in [-0.39, 0.29) is 44.0 Å². The summed E-state index contributed by atoms with van der Waals surface area (Å²) in [7, 11) is 6.20. The number of thiazole rings is 1. The van der Waals surface area contributed by atoms with Crippen LogP contribution in [0.2, 0.25) is 0 Å². The number of pyridine rings is 1. The molecule has 4 amide bonds. The molecule has 3 atom stereocenters. The first-order valence-electron chi connectivity index (χ1n) is 21.4. The Labute approximate surface area is 376 Å². The van der Waals surface area contributed by atoms with Crippen molar-refractivity contribution >= 4 is 55.9 Å². The first kappa shape index (κ1) is 47.3. The fourth-order valence-corrected chi connectivity index (χ4v) is 9.51. The second-order valence-corrected chi connectivity index (χ2v) is 19.1. The van der Waals surface area contributed by atoms with Crippen LogP contribution in [0.5, 0.6) is 0 Å². The highest BCUT2D eigenvalue weighted by Crippen LogP contribution is 2.42. The number of aromatic nitrogens is 3. The van der Waals surface area contributed by atoms with Gasteiger partial charge in [-0.3, -0.25) is 24.4 Å². The number of methoxy groups -OCH3 is 1.